The highest BCUT2D eigenvalue weighted by atomic mass is 19.4. The molecule has 0 aliphatic carbocycles. The van der Waals surface area contributed by atoms with Crippen LogP contribution in [0, 0.1) is 5.82 Å². The molecule has 1 unspecified atom stereocenters. The summed E-state index contributed by atoms with van der Waals surface area (Å²) >= 11 is 0. The van der Waals surface area contributed by atoms with E-state index in [0.717, 1.165) is 42.8 Å². The summed E-state index contributed by atoms with van der Waals surface area (Å²) in [6.45, 7) is 1.81. The monoisotopic (exact) mass is 408 g/mol. The Balaban J connectivity index is 1.66. The second-order valence-corrected chi connectivity index (χ2v) is 7.26. The van der Waals surface area contributed by atoms with Crippen LogP contribution >= 0.6 is 0 Å². The Hall–Kier alpha value is -2.61. The molecule has 1 saturated heterocycles. The fraction of sp³-hybridized carbons (Fsp3) is 0.381. The lowest BCUT2D eigenvalue weighted by atomic mass is 10.0. The minimum absolute atomic E-state index is 0.154. The number of benzene rings is 2. The van der Waals surface area contributed by atoms with Crippen LogP contribution < -0.4 is 11.1 Å². The van der Waals surface area contributed by atoms with Gasteiger partial charge >= 0.3 is 6.18 Å². The zero-order valence-electron chi connectivity index (χ0n) is 16.1. The summed E-state index contributed by atoms with van der Waals surface area (Å²) in [5.41, 5.74) is 7.56. The largest absolute Gasteiger partial charge is 0.419 e. The molecule has 0 radical (unpaired) electrons. The number of piperidine rings is 1. The Morgan fingerprint density at radius 3 is 2.76 bits per heavy atom. The van der Waals surface area contributed by atoms with Crippen molar-refractivity contribution in [2.75, 3.05) is 31.2 Å². The highest BCUT2D eigenvalue weighted by molar-refractivity contribution is 5.88. The first-order valence-electron chi connectivity index (χ1n) is 9.42. The van der Waals surface area contributed by atoms with Crippen LogP contribution in [-0.2, 0) is 12.7 Å². The van der Waals surface area contributed by atoms with E-state index in [1.165, 1.54) is 6.07 Å². The molecule has 156 valence electrons. The summed E-state index contributed by atoms with van der Waals surface area (Å²) in [6.07, 6.45) is -1.13. The van der Waals surface area contributed by atoms with Crippen molar-refractivity contribution < 1.29 is 17.6 Å². The third kappa shape index (κ3) is 5.47. The number of alkyl halides is 3. The van der Waals surface area contributed by atoms with Crippen molar-refractivity contribution in [1.82, 2.24) is 4.90 Å². The predicted octanol–water partition coefficient (Wildman–Crippen LogP) is 4.55. The van der Waals surface area contributed by atoms with Crippen LogP contribution in [0.2, 0.25) is 0 Å². The van der Waals surface area contributed by atoms with Crippen LogP contribution in [0.15, 0.2) is 41.4 Å². The molecule has 0 amide bonds. The fourth-order valence-corrected chi connectivity index (χ4v) is 3.61. The van der Waals surface area contributed by atoms with Gasteiger partial charge in [-0.25, -0.2) is 4.39 Å². The molecule has 3 rings (SSSR count). The van der Waals surface area contributed by atoms with Crippen LogP contribution in [0.5, 0.6) is 0 Å². The second-order valence-electron chi connectivity index (χ2n) is 7.26. The molecule has 1 aliphatic rings. The molecule has 1 atom stereocenters. The third-order valence-corrected chi connectivity index (χ3v) is 4.97. The molecule has 3 N–H and O–H groups in total. The van der Waals surface area contributed by atoms with E-state index in [2.05, 4.69) is 15.2 Å². The van der Waals surface area contributed by atoms with Gasteiger partial charge in [-0.2, -0.15) is 13.2 Å². The predicted molar refractivity (Wildman–Crippen MR) is 108 cm³/mol. The van der Waals surface area contributed by atoms with Crippen LogP contribution in [0.1, 0.15) is 29.5 Å². The molecule has 1 heterocycles. The normalized spacial score (nSPS) is 18.3. The second kappa shape index (κ2) is 8.82. The first-order chi connectivity index (χ1) is 13.8. The van der Waals surface area contributed by atoms with E-state index in [9.17, 15) is 17.6 Å². The Morgan fingerprint density at radius 1 is 1.24 bits per heavy atom. The fourth-order valence-electron chi connectivity index (χ4n) is 3.61. The van der Waals surface area contributed by atoms with Gasteiger partial charge in [0, 0.05) is 49.3 Å². The molecular weight excluding hydrogens is 384 g/mol. The third-order valence-electron chi connectivity index (χ3n) is 4.97. The van der Waals surface area contributed by atoms with Crippen molar-refractivity contribution >= 4 is 17.6 Å². The zero-order chi connectivity index (χ0) is 21.0. The molecule has 4 nitrogen and oxygen atoms in total. The quantitative estimate of drug-likeness (QED) is 0.434. The molecule has 1 aliphatic heterocycles. The average Bonchev–Trinajstić information content (AvgIpc) is 2.66. The van der Waals surface area contributed by atoms with E-state index in [0.29, 0.717) is 24.3 Å². The van der Waals surface area contributed by atoms with Gasteiger partial charge in [0.05, 0.1) is 5.56 Å². The number of nitrogens with one attached hydrogen (secondary N) is 1. The summed E-state index contributed by atoms with van der Waals surface area (Å²) in [5.74, 6) is -1.24. The zero-order valence-corrected chi connectivity index (χ0v) is 16.1. The summed E-state index contributed by atoms with van der Waals surface area (Å²) in [5, 5.41) is 3.47. The molecule has 2 aromatic rings. The lowest BCUT2D eigenvalue weighted by Gasteiger charge is -2.34. The van der Waals surface area contributed by atoms with Gasteiger partial charge in [0.1, 0.15) is 5.82 Å². The van der Waals surface area contributed by atoms with Crippen LogP contribution in [0.25, 0.3) is 0 Å². The molecule has 0 bridgehead atoms. The van der Waals surface area contributed by atoms with Gasteiger partial charge in [-0.1, -0.05) is 6.07 Å². The first kappa shape index (κ1) is 21.1. The van der Waals surface area contributed by atoms with E-state index >= 15 is 0 Å². The molecule has 1 fully saturated rings. The maximum absolute atomic E-state index is 13.5. The number of anilines is 2. The number of halogens is 4. The van der Waals surface area contributed by atoms with Crippen molar-refractivity contribution in [3.63, 3.8) is 0 Å². The van der Waals surface area contributed by atoms with Crippen LogP contribution in [0.4, 0.5) is 28.9 Å². The summed E-state index contributed by atoms with van der Waals surface area (Å²) in [6, 6.07) is 9.01. The van der Waals surface area contributed by atoms with Gasteiger partial charge in [0.15, 0.2) is 0 Å². The first-order valence-corrected chi connectivity index (χ1v) is 9.42. The molecule has 0 aromatic heterocycles. The topological polar surface area (TPSA) is 53.7 Å². The van der Waals surface area contributed by atoms with Gasteiger partial charge in [-0.3, -0.25) is 9.89 Å². The van der Waals surface area contributed by atoms with Crippen LogP contribution in [0.3, 0.4) is 0 Å². The standard InChI is InChI=1S/C21H24F4N4/c1-27-11-15-10-16(5-7-20(15)26)28-17-3-2-8-29(13-17)12-14-4-6-19(22)18(9-14)21(23,24)25/h4-7,9-11,17,28H,2-3,8,12-13,26H2,1H3/b27-11-. The Labute approximate surface area is 167 Å². The van der Waals surface area contributed by atoms with Crippen LogP contribution in [-0.4, -0.2) is 37.3 Å². The molecule has 0 spiro atoms. The lowest BCUT2D eigenvalue weighted by molar-refractivity contribution is -0.140. The van der Waals surface area contributed by atoms with Gasteiger partial charge in [-0.05, 0) is 55.3 Å². The highest BCUT2D eigenvalue weighted by Gasteiger charge is 2.34. The molecule has 0 saturated carbocycles. The Morgan fingerprint density at radius 2 is 2.03 bits per heavy atom. The lowest BCUT2D eigenvalue weighted by Crippen LogP contribution is -2.41. The molecular formula is C21H24F4N4. The molecule has 29 heavy (non-hydrogen) atoms. The van der Waals surface area contributed by atoms with E-state index < -0.39 is 17.6 Å². The number of hydrogen-bond acceptors (Lipinski definition) is 4. The van der Waals surface area contributed by atoms with Crippen molar-refractivity contribution in [3.05, 3.63) is 58.9 Å². The number of aliphatic imine (C=N–C) groups is 1. The molecule has 2 aromatic carbocycles. The Kier molecular flexibility index (Phi) is 6.42. The SMILES string of the molecule is C/N=C\c1cc(NC2CCCN(Cc3ccc(F)c(C(F)(F)F)c3)C2)ccc1N. The van der Waals surface area contributed by atoms with E-state index in [4.69, 9.17) is 5.73 Å². The summed E-state index contributed by atoms with van der Waals surface area (Å²) < 4.78 is 52.3. The van der Waals surface area contributed by atoms with Gasteiger partial charge in [0.25, 0.3) is 0 Å². The number of likely N-dealkylation sites (tertiary alicyclic amines) is 1. The molecule has 8 heteroatoms. The summed E-state index contributed by atoms with van der Waals surface area (Å²) in [4.78, 5) is 6.08. The highest BCUT2D eigenvalue weighted by Crippen LogP contribution is 2.32. The number of rotatable bonds is 5. The number of hydrogen-bond donors (Lipinski definition) is 2. The van der Waals surface area contributed by atoms with E-state index in [1.807, 2.05) is 18.2 Å². The smallest absolute Gasteiger partial charge is 0.398 e. The maximum Gasteiger partial charge on any atom is 0.419 e. The summed E-state index contributed by atoms with van der Waals surface area (Å²) in [7, 11) is 1.68. The van der Waals surface area contributed by atoms with Crippen molar-refractivity contribution in [1.29, 1.82) is 0 Å². The van der Waals surface area contributed by atoms with Gasteiger partial charge in [0.2, 0.25) is 0 Å². The van der Waals surface area contributed by atoms with E-state index in [1.54, 1.807) is 13.3 Å². The average molecular weight is 408 g/mol. The number of nitrogens with zero attached hydrogens (tertiary/aromatic N) is 2. The van der Waals surface area contributed by atoms with Crippen molar-refractivity contribution in [2.45, 2.75) is 31.6 Å². The number of nitrogens with two attached hydrogens (primary N) is 1. The van der Waals surface area contributed by atoms with Gasteiger partial charge in [-0.15, -0.1) is 0 Å². The van der Waals surface area contributed by atoms with Crippen molar-refractivity contribution in [2.24, 2.45) is 4.99 Å². The minimum atomic E-state index is -4.69. The minimum Gasteiger partial charge on any atom is -0.398 e. The number of nitrogen functional groups attached to an aromatic ring is 1. The maximum atomic E-state index is 13.5. The van der Waals surface area contributed by atoms with Gasteiger partial charge < -0.3 is 11.1 Å². The Bertz CT molecular complexity index is 879. The van der Waals surface area contributed by atoms with E-state index in [-0.39, 0.29) is 6.04 Å². The van der Waals surface area contributed by atoms with Crippen molar-refractivity contribution in [3.8, 4) is 0 Å².